The van der Waals surface area contributed by atoms with Gasteiger partial charge in [0.1, 0.15) is 11.4 Å². The Morgan fingerprint density at radius 3 is 2.14 bits per heavy atom. The Labute approximate surface area is 124 Å². The number of pyridine rings is 1. The van der Waals surface area contributed by atoms with Gasteiger partial charge in [-0.25, -0.2) is 4.57 Å². The van der Waals surface area contributed by atoms with E-state index in [1.54, 1.807) is 24.3 Å². The molecule has 2 aromatic rings. The fraction of sp³-hybridized carbons (Fsp3) is 0.154. The summed E-state index contributed by atoms with van der Waals surface area (Å²) in [6, 6.07) is 12.4. The fourth-order valence-electron chi connectivity index (χ4n) is 1.45. The normalized spacial score (nSPS) is 11.1. The average molecular weight is 315 g/mol. The summed E-state index contributed by atoms with van der Waals surface area (Å²) in [5, 5.41) is 17.5. The van der Waals surface area contributed by atoms with E-state index in [1.807, 2.05) is 29.0 Å². The number of benzene rings is 1. The Morgan fingerprint density at radius 1 is 1.00 bits per heavy atom. The van der Waals surface area contributed by atoms with Gasteiger partial charge in [0.15, 0.2) is 0 Å². The van der Waals surface area contributed by atoms with Crippen LogP contribution < -0.4 is 4.57 Å². The van der Waals surface area contributed by atoms with Crippen LogP contribution in [0.1, 0.15) is 6.92 Å². The zero-order valence-corrected chi connectivity index (χ0v) is 11.7. The first kappa shape index (κ1) is 17.6. The van der Waals surface area contributed by atoms with Crippen LogP contribution in [0.2, 0.25) is 0 Å². The van der Waals surface area contributed by atoms with Crippen LogP contribution in [-0.4, -0.2) is 12.4 Å². The van der Waals surface area contributed by atoms with Gasteiger partial charge < -0.3 is 22.4 Å². The second kappa shape index (κ2) is 8.11. The number of aromatic nitrogens is 1. The molecule has 4 nitrogen and oxygen atoms in total. The molecule has 2 rings (SSSR count). The summed E-state index contributed by atoms with van der Waals surface area (Å²) in [5.74, 6) is 1.04. The lowest BCUT2D eigenvalue weighted by Crippen LogP contribution is -2.31. The molecular weight excluding hydrogens is 301 g/mol. The molecule has 1 N–H and O–H groups in total. The number of rotatable bonds is 3. The number of nitrogens with zero attached hydrogens (tertiary/aromatic N) is 3. The molecular formula is C13H14BF4N3O. The van der Waals surface area contributed by atoms with Crippen LogP contribution in [0.15, 0.2) is 58.9 Å². The third-order valence-corrected chi connectivity index (χ3v) is 2.38. The molecule has 0 aliphatic heterocycles. The number of aromatic hydroxyl groups is 1. The van der Waals surface area contributed by atoms with Gasteiger partial charge in [-0.15, -0.1) is 0 Å². The van der Waals surface area contributed by atoms with Crippen molar-refractivity contribution in [3.05, 3.63) is 48.7 Å². The molecule has 0 saturated heterocycles. The molecule has 0 aliphatic carbocycles. The molecule has 9 heteroatoms. The van der Waals surface area contributed by atoms with Crippen LogP contribution in [0.5, 0.6) is 5.75 Å². The molecule has 0 radical (unpaired) electrons. The molecule has 0 fully saturated rings. The minimum absolute atomic E-state index is 0.229. The second-order valence-corrected chi connectivity index (χ2v) is 4.06. The first-order chi connectivity index (χ1) is 10.3. The van der Waals surface area contributed by atoms with Crippen LogP contribution >= 0.6 is 0 Å². The summed E-state index contributed by atoms with van der Waals surface area (Å²) in [5.41, 5.74) is 0.717. The second-order valence-electron chi connectivity index (χ2n) is 4.06. The highest BCUT2D eigenvalue weighted by molar-refractivity contribution is 6.50. The highest BCUT2D eigenvalue weighted by Crippen LogP contribution is 2.18. The summed E-state index contributed by atoms with van der Waals surface area (Å²) in [6.07, 6.45) is 1.96. The molecule has 0 amide bonds. The number of hydrogen-bond donors (Lipinski definition) is 1. The molecule has 0 aliphatic rings. The molecule has 118 valence electrons. The van der Waals surface area contributed by atoms with Crippen molar-refractivity contribution in [2.45, 2.75) is 13.5 Å². The average Bonchev–Trinajstić information content (AvgIpc) is 2.45. The minimum Gasteiger partial charge on any atom is -0.508 e. The first-order valence-electron chi connectivity index (χ1n) is 6.36. The van der Waals surface area contributed by atoms with Crippen molar-refractivity contribution < 1.29 is 26.9 Å². The first-order valence-corrected chi connectivity index (χ1v) is 6.36. The van der Waals surface area contributed by atoms with E-state index >= 15 is 0 Å². The van der Waals surface area contributed by atoms with E-state index in [2.05, 4.69) is 17.2 Å². The predicted octanol–water partition coefficient (Wildman–Crippen LogP) is 4.42. The molecule has 0 saturated carbocycles. The Balaban J connectivity index is 0.000000422. The monoisotopic (exact) mass is 315 g/mol. The number of phenolic OH excluding ortho intramolecular Hbond substituents is 1. The number of hydrogen-bond acceptors (Lipinski definition) is 3. The van der Waals surface area contributed by atoms with Gasteiger partial charge in [-0.05, 0) is 42.4 Å². The highest BCUT2D eigenvalue weighted by atomic mass is 19.5. The largest absolute Gasteiger partial charge is 0.673 e. The Hall–Kier alpha value is -2.45. The lowest BCUT2D eigenvalue weighted by atomic mass is 10.3. The molecule has 0 atom stereocenters. The van der Waals surface area contributed by atoms with E-state index in [9.17, 15) is 17.3 Å². The van der Waals surface area contributed by atoms with E-state index < -0.39 is 7.25 Å². The van der Waals surface area contributed by atoms with Crippen LogP contribution in [0.25, 0.3) is 0 Å². The highest BCUT2D eigenvalue weighted by Gasteiger charge is 2.20. The van der Waals surface area contributed by atoms with Gasteiger partial charge in [-0.3, -0.25) is 0 Å². The minimum atomic E-state index is -6.00. The van der Waals surface area contributed by atoms with Crippen molar-refractivity contribution in [2.75, 3.05) is 0 Å². The topological polar surface area (TPSA) is 48.8 Å². The standard InChI is InChI=1S/C13H13N3O.BF4/c1-2-16-10-4-3-5-13(16)15-14-11-6-8-12(17)9-7-11;2-1(3,4)5/h3-10H,2H2,1H3;/q;-1/p+1. The van der Waals surface area contributed by atoms with Crippen molar-refractivity contribution in [3.8, 4) is 5.75 Å². The maximum atomic E-state index is 9.75. The van der Waals surface area contributed by atoms with Gasteiger partial charge >= 0.3 is 13.1 Å². The van der Waals surface area contributed by atoms with Crippen LogP contribution in [-0.2, 0) is 6.54 Å². The Bertz CT molecular complexity index is 611. The van der Waals surface area contributed by atoms with E-state index in [1.165, 1.54) is 0 Å². The lowest BCUT2D eigenvalue weighted by Gasteiger charge is -1.95. The summed E-state index contributed by atoms with van der Waals surface area (Å²) < 4.78 is 41.0. The molecule has 0 spiro atoms. The van der Waals surface area contributed by atoms with Gasteiger partial charge in [-0.2, -0.15) is 0 Å². The van der Waals surface area contributed by atoms with E-state index in [0.29, 0.717) is 5.69 Å². The summed E-state index contributed by atoms with van der Waals surface area (Å²) in [6.45, 7) is 2.91. The van der Waals surface area contributed by atoms with E-state index in [4.69, 9.17) is 5.11 Å². The van der Waals surface area contributed by atoms with Gasteiger partial charge in [0.25, 0.3) is 0 Å². The van der Waals surface area contributed by atoms with Gasteiger partial charge in [0.2, 0.25) is 0 Å². The molecule has 1 aromatic carbocycles. The molecule has 1 aromatic heterocycles. The Kier molecular flexibility index (Phi) is 6.49. The van der Waals surface area contributed by atoms with Crippen molar-refractivity contribution in [1.29, 1.82) is 0 Å². The maximum Gasteiger partial charge on any atom is 0.673 e. The number of halogens is 4. The predicted molar refractivity (Wildman–Crippen MR) is 74.8 cm³/mol. The number of azo groups is 1. The van der Waals surface area contributed by atoms with Crippen molar-refractivity contribution in [2.24, 2.45) is 10.2 Å². The quantitative estimate of drug-likeness (QED) is 0.388. The zero-order valence-electron chi connectivity index (χ0n) is 11.7. The van der Waals surface area contributed by atoms with E-state index in [-0.39, 0.29) is 5.75 Å². The van der Waals surface area contributed by atoms with Gasteiger partial charge in [0, 0.05) is 6.07 Å². The molecule has 22 heavy (non-hydrogen) atoms. The van der Waals surface area contributed by atoms with Crippen LogP contribution in [0, 0.1) is 0 Å². The van der Waals surface area contributed by atoms with Gasteiger partial charge in [-0.1, -0.05) is 6.07 Å². The summed E-state index contributed by atoms with van der Waals surface area (Å²) in [7, 11) is -6.00. The molecule has 1 heterocycles. The van der Waals surface area contributed by atoms with Crippen molar-refractivity contribution >= 4 is 18.8 Å². The zero-order chi connectivity index (χ0) is 16.6. The van der Waals surface area contributed by atoms with Crippen molar-refractivity contribution in [3.63, 3.8) is 0 Å². The van der Waals surface area contributed by atoms with E-state index in [0.717, 1.165) is 12.4 Å². The lowest BCUT2D eigenvalue weighted by molar-refractivity contribution is -0.681. The summed E-state index contributed by atoms with van der Waals surface area (Å²) in [4.78, 5) is 0. The molecule has 0 unspecified atom stereocenters. The van der Waals surface area contributed by atoms with Crippen LogP contribution in [0.4, 0.5) is 28.8 Å². The third kappa shape index (κ3) is 7.37. The van der Waals surface area contributed by atoms with Crippen molar-refractivity contribution in [1.82, 2.24) is 0 Å². The smallest absolute Gasteiger partial charge is 0.508 e. The number of aryl methyl sites for hydroxylation is 1. The SMILES string of the molecule is CC[n+]1ccccc1N=Nc1ccc(O)cc1.F[B-](F)(F)F. The van der Waals surface area contributed by atoms with Gasteiger partial charge in [0.05, 0.1) is 17.9 Å². The fourth-order valence-corrected chi connectivity index (χ4v) is 1.45. The summed E-state index contributed by atoms with van der Waals surface area (Å²) >= 11 is 0. The Morgan fingerprint density at radius 2 is 1.59 bits per heavy atom. The van der Waals surface area contributed by atoms with Crippen LogP contribution in [0.3, 0.4) is 0 Å². The third-order valence-electron chi connectivity index (χ3n) is 2.38. The maximum absolute atomic E-state index is 9.75. The molecule has 0 bridgehead atoms. The number of phenols is 1.